The van der Waals surface area contributed by atoms with Crippen LogP contribution in [0.15, 0.2) is 146 Å². The predicted molar refractivity (Wildman–Crippen MR) is 185 cm³/mol. The first-order valence-corrected chi connectivity index (χ1v) is 14.7. The molecule has 0 aromatic heterocycles. The van der Waals surface area contributed by atoms with Crippen molar-refractivity contribution >= 4 is 43.1 Å². The summed E-state index contributed by atoms with van der Waals surface area (Å²) < 4.78 is 5.60. The number of phenols is 3. The molecule has 223 valence electrons. The molecule has 0 bridgehead atoms. The molecule has 0 spiro atoms. The first-order valence-electron chi connectivity index (χ1n) is 14.7. The number of ether oxygens (including phenoxy) is 1. The molecule has 8 aromatic carbocycles. The summed E-state index contributed by atoms with van der Waals surface area (Å²) in [7, 11) is 1.66. The topological polar surface area (TPSA) is 69.9 Å². The van der Waals surface area contributed by atoms with Gasteiger partial charge in [-0.25, -0.2) is 0 Å². The summed E-state index contributed by atoms with van der Waals surface area (Å²) in [5.41, 5.74) is 3.09. The molecule has 3 N–H and O–H groups in total. The number of benzene rings is 8. The Bertz CT molecular complexity index is 2280. The summed E-state index contributed by atoms with van der Waals surface area (Å²) in [6.07, 6.45) is 0. The third-order valence-corrected chi connectivity index (χ3v) is 8.33. The molecule has 5 heteroatoms. The molecule has 0 aliphatic carbocycles. The van der Waals surface area contributed by atoms with Gasteiger partial charge in [0.05, 0.1) is 7.11 Å². The maximum Gasteiger partial charge on any atom is 0.127 e. The van der Waals surface area contributed by atoms with Crippen molar-refractivity contribution in [2.45, 2.75) is 0 Å². The Morgan fingerprint density at radius 3 is 0.978 bits per heavy atom. The largest absolute Gasteiger partial charge is 0.507 e. The van der Waals surface area contributed by atoms with Gasteiger partial charge in [-0.05, 0) is 67.4 Å². The number of aromatic hydroxyl groups is 3. The monoisotopic (exact) mass is 637 g/mol. The number of rotatable bonds is 3. The number of hydrogen-bond donors (Lipinski definition) is 3. The fourth-order valence-corrected chi connectivity index (χ4v) is 6.25. The molecule has 4 nitrogen and oxygen atoms in total. The van der Waals surface area contributed by atoms with E-state index in [1.54, 1.807) is 25.3 Å². The van der Waals surface area contributed by atoms with Crippen LogP contribution < -0.4 is 4.74 Å². The Kier molecular flexibility index (Phi) is 8.58. The van der Waals surface area contributed by atoms with Crippen molar-refractivity contribution in [2.75, 3.05) is 7.11 Å². The van der Waals surface area contributed by atoms with Crippen LogP contribution >= 0.6 is 0 Å². The van der Waals surface area contributed by atoms with Gasteiger partial charge in [0.2, 0.25) is 0 Å². The molecule has 0 amide bonds. The van der Waals surface area contributed by atoms with Gasteiger partial charge < -0.3 is 20.1 Å². The number of hydrogen-bond acceptors (Lipinski definition) is 4. The minimum atomic E-state index is 0. The molecule has 46 heavy (non-hydrogen) atoms. The van der Waals surface area contributed by atoms with Gasteiger partial charge in [0.15, 0.2) is 0 Å². The Labute approximate surface area is 278 Å². The number of fused-ring (bicyclic) bond motifs is 4. The molecule has 0 saturated heterocycles. The second-order valence-corrected chi connectivity index (χ2v) is 10.9. The fourth-order valence-electron chi connectivity index (χ4n) is 6.25. The van der Waals surface area contributed by atoms with Crippen LogP contribution in [-0.2, 0) is 18.6 Å². The van der Waals surface area contributed by atoms with Gasteiger partial charge in [0.1, 0.15) is 23.0 Å². The second-order valence-electron chi connectivity index (χ2n) is 10.9. The normalized spacial score (nSPS) is 10.8. The SMILES string of the molecule is COc1ccc2ccccc2c1-c1c(O)ccc2ccccc12.Oc1ccc2ccccc2c1-c1c(O)ccc2ccccc12.[V]. The molecule has 8 rings (SSSR count). The van der Waals surface area contributed by atoms with E-state index in [2.05, 4.69) is 18.2 Å². The first-order chi connectivity index (χ1) is 22.0. The van der Waals surface area contributed by atoms with Gasteiger partial charge in [-0.3, -0.25) is 0 Å². The van der Waals surface area contributed by atoms with Crippen LogP contribution in [0.3, 0.4) is 0 Å². The summed E-state index contributed by atoms with van der Waals surface area (Å²) in [4.78, 5) is 0. The van der Waals surface area contributed by atoms with E-state index < -0.39 is 0 Å². The average Bonchev–Trinajstić information content (AvgIpc) is 3.09. The van der Waals surface area contributed by atoms with E-state index >= 15 is 0 Å². The van der Waals surface area contributed by atoms with E-state index in [4.69, 9.17) is 4.74 Å². The maximum atomic E-state index is 10.6. The van der Waals surface area contributed by atoms with Gasteiger partial charge in [-0.2, -0.15) is 0 Å². The van der Waals surface area contributed by atoms with Gasteiger partial charge in [0, 0.05) is 40.8 Å². The molecule has 0 atom stereocenters. The standard InChI is InChI=1S/C21H16O2.C20H14O2.V/c1-23-19-13-11-15-7-3-5-9-17(15)21(19)20-16-8-4-2-6-14(16)10-12-18(20)22;21-17-11-9-13-5-1-3-7-15(13)19(17)20-16-8-4-2-6-14(16)10-12-18(20)22;/h2-13,22H,1H3;1-12,21-22H;. The molecule has 0 aliphatic heterocycles. The van der Waals surface area contributed by atoms with E-state index in [-0.39, 0.29) is 35.8 Å². The molecule has 1 radical (unpaired) electrons. The van der Waals surface area contributed by atoms with Crippen LogP contribution in [-0.4, -0.2) is 22.4 Å². The van der Waals surface area contributed by atoms with E-state index in [1.165, 1.54) is 0 Å². The van der Waals surface area contributed by atoms with Crippen LogP contribution in [0.1, 0.15) is 0 Å². The summed E-state index contributed by atoms with van der Waals surface area (Å²) >= 11 is 0. The minimum Gasteiger partial charge on any atom is -0.507 e. The molecular formula is C41H30O4V. The minimum absolute atomic E-state index is 0. The molecule has 0 saturated carbocycles. The first kappa shape index (κ1) is 30.6. The molecule has 0 fully saturated rings. The van der Waals surface area contributed by atoms with Crippen molar-refractivity contribution < 1.29 is 38.6 Å². The van der Waals surface area contributed by atoms with Gasteiger partial charge in [-0.15, -0.1) is 0 Å². The van der Waals surface area contributed by atoms with E-state index in [1.807, 2.05) is 109 Å². The van der Waals surface area contributed by atoms with Crippen LogP contribution in [0.25, 0.3) is 65.3 Å². The molecule has 0 unspecified atom stereocenters. The van der Waals surface area contributed by atoms with Crippen LogP contribution in [0, 0.1) is 0 Å². The van der Waals surface area contributed by atoms with Crippen molar-refractivity contribution in [1.29, 1.82) is 0 Å². The van der Waals surface area contributed by atoms with E-state index in [0.29, 0.717) is 11.1 Å². The Morgan fingerprint density at radius 2 is 0.630 bits per heavy atom. The van der Waals surface area contributed by atoms with Gasteiger partial charge in [-0.1, -0.05) is 121 Å². The Hall–Kier alpha value is -5.42. The maximum absolute atomic E-state index is 10.6. The zero-order valence-corrected chi connectivity index (χ0v) is 26.5. The molecule has 0 aliphatic rings. The van der Waals surface area contributed by atoms with E-state index in [9.17, 15) is 15.3 Å². The van der Waals surface area contributed by atoms with Crippen LogP contribution in [0.4, 0.5) is 0 Å². The molecular weight excluding hydrogens is 607 g/mol. The average molecular weight is 638 g/mol. The van der Waals surface area contributed by atoms with Crippen molar-refractivity contribution in [1.82, 2.24) is 0 Å². The zero-order valence-electron chi connectivity index (χ0n) is 25.1. The zero-order chi connectivity index (χ0) is 30.9. The van der Waals surface area contributed by atoms with Crippen molar-refractivity contribution in [3.8, 4) is 45.3 Å². The summed E-state index contributed by atoms with van der Waals surface area (Å²) in [6.45, 7) is 0. The van der Waals surface area contributed by atoms with Gasteiger partial charge in [0.25, 0.3) is 0 Å². The third kappa shape index (κ3) is 5.39. The number of phenolic OH excluding ortho intramolecular Hbond substituents is 3. The van der Waals surface area contributed by atoms with E-state index in [0.717, 1.165) is 60.0 Å². The summed E-state index contributed by atoms with van der Waals surface area (Å²) in [5.74, 6) is 1.37. The summed E-state index contributed by atoms with van der Waals surface area (Å²) in [6, 6.07) is 46.8. The second kappa shape index (κ2) is 12.9. The van der Waals surface area contributed by atoms with Crippen molar-refractivity contribution in [3.05, 3.63) is 146 Å². The number of methoxy groups -OCH3 is 1. The fraction of sp³-hybridized carbons (Fsp3) is 0.0244. The molecule has 8 aromatic rings. The quantitative estimate of drug-likeness (QED) is 0.180. The van der Waals surface area contributed by atoms with Crippen molar-refractivity contribution in [3.63, 3.8) is 0 Å². The third-order valence-electron chi connectivity index (χ3n) is 8.33. The van der Waals surface area contributed by atoms with Crippen LogP contribution in [0.2, 0.25) is 0 Å². The summed E-state index contributed by atoms with van der Waals surface area (Å²) in [5, 5.41) is 39.7. The Morgan fingerprint density at radius 1 is 0.348 bits per heavy atom. The van der Waals surface area contributed by atoms with Crippen molar-refractivity contribution in [2.24, 2.45) is 0 Å². The Balaban J connectivity index is 0.000000158. The van der Waals surface area contributed by atoms with Gasteiger partial charge >= 0.3 is 0 Å². The molecule has 0 heterocycles. The van der Waals surface area contributed by atoms with Crippen LogP contribution in [0.5, 0.6) is 23.0 Å². The smallest absolute Gasteiger partial charge is 0.127 e. The predicted octanol–water partition coefficient (Wildman–Crippen LogP) is 10.4.